The van der Waals surface area contributed by atoms with Gasteiger partial charge in [0.15, 0.2) is 0 Å². The highest BCUT2D eigenvalue weighted by atomic mass is 16.4. The molecule has 0 radical (unpaired) electrons. The number of benzene rings is 1. The molecule has 0 aliphatic carbocycles. The number of carboxylic acids is 1. The van der Waals surface area contributed by atoms with E-state index in [0.29, 0.717) is 5.52 Å². The van der Waals surface area contributed by atoms with Crippen molar-refractivity contribution in [1.29, 1.82) is 0 Å². The number of carbonyl (C=O) groups is 1. The van der Waals surface area contributed by atoms with Crippen LogP contribution in [-0.4, -0.2) is 35.4 Å². The predicted molar refractivity (Wildman–Crippen MR) is 71.4 cm³/mol. The minimum atomic E-state index is -0.944. The summed E-state index contributed by atoms with van der Waals surface area (Å²) in [6.45, 7) is 0.718. The zero-order valence-corrected chi connectivity index (χ0v) is 10.9. The summed E-state index contributed by atoms with van der Waals surface area (Å²) in [5.41, 5.74) is 1.84. The van der Waals surface area contributed by atoms with E-state index in [9.17, 15) is 4.79 Å². The van der Waals surface area contributed by atoms with Gasteiger partial charge in [-0.1, -0.05) is 0 Å². The van der Waals surface area contributed by atoms with Gasteiger partial charge in [0.1, 0.15) is 12.2 Å². The van der Waals surface area contributed by atoms with Crippen molar-refractivity contribution in [1.82, 2.24) is 24.3 Å². The molecule has 3 aromatic rings. The highest BCUT2D eigenvalue weighted by Gasteiger charge is 2.08. The van der Waals surface area contributed by atoms with E-state index in [1.807, 2.05) is 16.2 Å². The number of nitrogens with zero attached hydrogens (tertiary/aromatic N) is 5. The number of aromatic nitrogens is 5. The van der Waals surface area contributed by atoms with Crippen LogP contribution in [0.25, 0.3) is 11.0 Å². The molecule has 3 rings (SSSR count). The van der Waals surface area contributed by atoms with E-state index in [1.165, 1.54) is 0 Å². The largest absolute Gasteiger partial charge is 0.478 e. The number of rotatable bonds is 4. The fourth-order valence-electron chi connectivity index (χ4n) is 2.13. The predicted octanol–water partition coefficient (Wildman–Crippen LogP) is 1.11. The van der Waals surface area contributed by atoms with Crippen LogP contribution in [0.15, 0.2) is 30.9 Å². The van der Waals surface area contributed by atoms with Crippen LogP contribution in [0.4, 0.5) is 0 Å². The quantitative estimate of drug-likeness (QED) is 0.768. The van der Waals surface area contributed by atoms with Gasteiger partial charge in [-0.15, -0.1) is 10.2 Å². The Kier molecular flexibility index (Phi) is 2.94. The first kappa shape index (κ1) is 12.3. The van der Waals surface area contributed by atoms with Gasteiger partial charge in [0.25, 0.3) is 0 Å². The lowest BCUT2D eigenvalue weighted by atomic mass is 10.2. The Morgan fingerprint density at radius 1 is 1.35 bits per heavy atom. The van der Waals surface area contributed by atoms with Crippen LogP contribution < -0.4 is 0 Å². The van der Waals surface area contributed by atoms with E-state index >= 15 is 0 Å². The Morgan fingerprint density at radius 3 is 2.90 bits per heavy atom. The zero-order chi connectivity index (χ0) is 14.1. The third kappa shape index (κ3) is 2.13. The van der Waals surface area contributed by atoms with Gasteiger partial charge in [0.05, 0.1) is 22.9 Å². The maximum absolute atomic E-state index is 10.9. The summed E-state index contributed by atoms with van der Waals surface area (Å²) in [6.07, 6.45) is 4.12. The molecule has 7 nitrogen and oxygen atoms in total. The fraction of sp³-hybridized carbons (Fsp3) is 0.231. The van der Waals surface area contributed by atoms with Crippen molar-refractivity contribution >= 4 is 17.0 Å². The number of aromatic carboxylic acids is 1. The molecule has 0 saturated heterocycles. The summed E-state index contributed by atoms with van der Waals surface area (Å²) >= 11 is 0. The van der Waals surface area contributed by atoms with Crippen LogP contribution in [0.1, 0.15) is 16.2 Å². The Hall–Kier alpha value is -2.70. The average molecular weight is 271 g/mol. The normalized spacial score (nSPS) is 11.1. The smallest absolute Gasteiger partial charge is 0.335 e. The number of aryl methyl sites for hydroxylation is 3. The van der Waals surface area contributed by atoms with Crippen LogP contribution in [0.2, 0.25) is 0 Å². The van der Waals surface area contributed by atoms with Crippen LogP contribution in [-0.2, 0) is 20.0 Å². The van der Waals surface area contributed by atoms with Crippen molar-refractivity contribution in [3.63, 3.8) is 0 Å². The molecule has 0 bridgehead atoms. The minimum Gasteiger partial charge on any atom is -0.478 e. The van der Waals surface area contributed by atoms with Crippen molar-refractivity contribution in [3.05, 3.63) is 42.2 Å². The highest BCUT2D eigenvalue weighted by Crippen LogP contribution is 2.15. The monoisotopic (exact) mass is 271 g/mol. The maximum Gasteiger partial charge on any atom is 0.335 e. The van der Waals surface area contributed by atoms with Gasteiger partial charge in [0, 0.05) is 20.0 Å². The molecule has 0 unspecified atom stereocenters. The number of fused-ring (bicyclic) bond motifs is 1. The van der Waals surface area contributed by atoms with Crippen LogP contribution >= 0.6 is 0 Å². The van der Waals surface area contributed by atoms with Crippen LogP contribution in [0.3, 0.4) is 0 Å². The second-order valence-corrected chi connectivity index (χ2v) is 4.55. The first-order valence-electron chi connectivity index (χ1n) is 6.16. The Bertz CT molecular complexity index is 774. The van der Waals surface area contributed by atoms with Crippen molar-refractivity contribution in [3.8, 4) is 0 Å². The topological polar surface area (TPSA) is 85.8 Å². The van der Waals surface area contributed by atoms with Gasteiger partial charge in [-0.2, -0.15) is 0 Å². The minimum absolute atomic E-state index is 0.246. The van der Waals surface area contributed by atoms with Crippen molar-refractivity contribution in [2.45, 2.75) is 13.0 Å². The van der Waals surface area contributed by atoms with Gasteiger partial charge in [0.2, 0.25) is 0 Å². The standard InChI is InChI=1S/C13H13N5O2/c1-17-8-15-16-12(17)4-5-18-7-14-10-6-9(13(19)20)2-3-11(10)18/h2-3,6-8H,4-5H2,1H3,(H,19,20). The van der Waals surface area contributed by atoms with E-state index in [0.717, 1.165) is 24.3 Å². The highest BCUT2D eigenvalue weighted by molar-refractivity contribution is 5.92. The Morgan fingerprint density at radius 2 is 2.20 bits per heavy atom. The first-order chi connectivity index (χ1) is 9.65. The second-order valence-electron chi connectivity index (χ2n) is 4.55. The summed E-state index contributed by atoms with van der Waals surface area (Å²) in [5.74, 6) is -0.0467. The SMILES string of the molecule is Cn1cnnc1CCn1cnc2cc(C(=O)O)ccc21. The lowest BCUT2D eigenvalue weighted by molar-refractivity contribution is 0.0697. The molecule has 20 heavy (non-hydrogen) atoms. The molecule has 0 saturated carbocycles. The number of hydrogen-bond acceptors (Lipinski definition) is 4. The summed E-state index contributed by atoms with van der Waals surface area (Å²) in [4.78, 5) is 15.2. The molecule has 102 valence electrons. The van der Waals surface area contributed by atoms with E-state index in [2.05, 4.69) is 15.2 Å². The molecule has 1 aromatic carbocycles. The van der Waals surface area contributed by atoms with Gasteiger partial charge < -0.3 is 14.2 Å². The van der Waals surface area contributed by atoms with Crippen molar-refractivity contribution < 1.29 is 9.90 Å². The maximum atomic E-state index is 10.9. The van der Waals surface area contributed by atoms with Crippen LogP contribution in [0.5, 0.6) is 0 Å². The molecular weight excluding hydrogens is 258 g/mol. The lowest BCUT2D eigenvalue weighted by Gasteiger charge is -2.04. The Labute approximate surface area is 114 Å². The summed E-state index contributed by atoms with van der Waals surface area (Å²) < 4.78 is 3.86. The molecule has 0 aliphatic rings. The third-order valence-corrected chi connectivity index (χ3v) is 3.25. The molecule has 0 aliphatic heterocycles. The summed E-state index contributed by atoms with van der Waals surface area (Å²) in [5, 5.41) is 16.8. The van der Waals surface area contributed by atoms with Gasteiger partial charge in [-0.25, -0.2) is 9.78 Å². The molecule has 7 heteroatoms. The number of carboxylic acid groups (broad SMARTS) is 1. The number of hydrogen-bond donors (Lipinski definition) is 1. The molecule has 2 heterocycles. The van der Waals surface area contributed by atoms with E-state index in [1.54, 1.807) is 30.9 Å². The average Bonchev–Trinajstić information content (AvgIpc) is 3.02. The molecule has 0 spiro atoms. The molecule has 0 atom stereocenters. The van der Waals surface area contributed by atoms with Gasteiger partial charge in [-0.05, 0) is 18.2 Å². The molecular formula is C13H13N5O2. The third-order valence-electron chi connectivity index (χ3n) is 3.25. The van der Waals surface area contributed by atoms with Gasteiger partial charge >= 0.3 is 5.97 Å². The lowest BCUT2D eigenvalue weighted by Crippen LogP contribution is -2.05. The van der Waals surface area contributed by atoms with E-state index < -0.39 is 5.97 Å². The zero-order valence-electron chi connectivity index (χ0n) is 10.9. The fourth-order valence-corrected chi connectivity index (χ4v) is 2.13. The van der Waals surface area contributed by atoms with Gasteiger partial charge in [-0.3, -0.25) is 0 Å². The van der Waals surface area contributed by atoms with E-state index in [4.69, 9.17) is 5.11 Å². The van der Waals surface area contributed by atoms with Crippen LogP contribution in [0, 0.1) is 0 Å². The van der Waals surface area contributed by atoms with Crippen molar-refractivity contribution in [2.24, 2.45) is 7.05 Å². The number of imidazole rings is 1. The van der Waals surface area contributed by atoms with Crippen molar-refractivity contribution in [2.75, 3.05) is 0 Å². The first-order valence-corrected chi connectivity index (χ1v) is 6.16. The molecule has 1 N–H and O–H groups in total. The summed E-state index contributed by atoms with van der Waals surface area (Å²) in [6, 6.07) is 4.95. The molecule has 2 aromatic heterocycles. The van der Waals surface area contributed by atoms with E-state index in [-0.39, 0.29) is 5.56 Å². The Balaban J connectivity index is 1.85. The summed E-state index contributed by atoms with van der Waals surface area (Å²) in [7, 11) is 1.90. The second kappa shape index (κ2) is 4.76. The molecule has 0 fully saturated rings. The molecule has 0 amide bonds.